The number of quaternary nitrogens is 1. The maximum atomic E-state index is 12.8. The number of unbranched alkanes of at least 4 members (excludes halogenated alkanes) is 34. The predicted octanol–water partition coefficient (Wildman–Crippen LogP) is 16.5. The third-order valence-electron chi connectivity index (χ3n) is 12.3. The molecule has 0 N–H and O–H groups in total. The summed E-state index contributed by atoms with van der Waals surface area (Å²) in [6, 6.07) is 0. The molecule has 0 aliphatic heterocycles. The van der Waals surface area contributed by atoms with Gasteiger partial charge in [-0.15, -0.1) is 0 Å². The Morgan fingerprint density at radius 2 is 0.859 bits per heavy atom. The standard InChI is InChI=1S/C55H108NO7P/c1-6-8-10-12-14-16-18-20-22-24-26-28-29-31-33-35-37-39-41-43-45-47-50-60-52-54(53-62-64(58,59)61-51-49-56(3,4)5)63-55(57)48-46-44-42-40-38-36-34-32-30-27-25-23-21-19-17-15-13-11-9-7-2/h18,20,24,26,54H,6-17,19,21-23,25,27-53H2,1-5H3/b20-18-,26-24-. The van der Waals surface area contributed by atoms with Crippen molar-refractivity contribution in [1.82, 2.24) is 0 Å². The van der Waals surface area contributed by atoms with Gasteiger partial charge in [-0.1, -0.05) is 237 Å². The lowest BCUT2D eigenvalue weighted by Gasteiger charge is -2.28. The van der Waals surface area contributed by atoms with Crippen LogP contribution in [0.3, 0.4) is 0 Å². The summed E-state index contributed by atoms with van der Waals surface area (Å²) in [4.78, 5) is 25.2. The normalized spacial score (nSPS) is 13.7. The van der Waals surface area contributed by atoms with Crippen LogP contribution < -0.4 is 4.89 Å². The lowest BCUT2D eigenvalue weighted by atomic mass is 10.0. The molecule has 0 aromatic heterocycles. The number of allylic oxidation sites excluding steroid dienone is 4. The largest absolute Gasteiger partial charge is 0.756 e. The molecule has 0 amide bonds. The molecule has 0 saturated carbocycles. The molecule has 0 rings (SSSR count). The van der Waals surface area contributed by atoms with Gasteiger partial charge >= 0.3 is 5.97 Å². The molecule has 9 heteroatoms. The van der Waals surface area contributed by atoms with E-state index in [-0.39, 0.29) is 25.8 Å². The summed E-state index contributed by atoms with van der Waals surface area (Å²) >= 11 is 0. The number of nitrogens with zero attached hydrogens (tertiary/aromatic N) is 1. The van der Waals surface area contributed by atoms with Crippen molar-refractivity contribution in [3.63, 3.8) is 0 Å². The van der Waals surface area contributed by atoms with Crippen LogP contribution >= 0.6 is 7.82 Å². The van der Waals surface area contributed by atoms with Crippen molar-refractivity contribution in [2.24, 2.45) is 0 Å². The predicted molar refractivity (Wildman–Crippen MR) is 273 cm³/mol. The highest BCUT2D eigenvalue weighted by molar-refractivity contribution is 7.45. The zero-order valence-electron chi connectivity index (χ0n) is 43.3. The molecule has 2 unspecified atom stereocenters. The lowest BCUT2D eigenvalue weighted by Crippen LogP contribution is -2.37. The van der Waals surface area contributed by atoms with E-state index in [0.29, 0.717) is 24.1 Å². The average Bonchev–Trinajstić information content (AvgIpc) is 3.25. The van der Waals surface area contributed by atoms with Crippen molar-refractivity contribution < 1.29 is 37.3 Å². The summed E-state index contributed by atoms with van der Waals surface area (Å²) in [6.45, 7) is 5.46. The second-order valence-electron chi connectivity index (χ2n) is 20.0. The third kappa shape index (κ3) is 52.0. The fourth-order valence-corrected chi connectivity index (χ4v) is 8.72. The minimum Gasteiger partial charge on any atom is -0.756 e. The first-order chi connectivity index (χ1) is 31.1. The van der Waals surface area contributed by atoms with Crippen LogP contribution in [0.2, 0.25) is 0 Å². The first-order valence-corrected chi connectivity index (χ1v) is 29.0. The Labute approximate surface area is 398 Å². The van der Waals surface area contributed by atoms with E-state index >= 15 is 0 Å². The Balaban J connectivity index is 4.08. The molecule has 0 aromatic rings. The Kier molecular flexibility index (Phi) is 47.7. The molecule has 0 aliphatic rings. The van der Waals surface area contributed by atoms with E-state index in [1.807, 2.05) is 21.1 Å². The van der Waals surface area contributed by atoms with Gasteiger partial charge in [-0.3, -0.25) is 9.36 Å². The smallest absolute Gasteiger partial charge is 0.306 e. The number of carbonyl (C=O) groups excluding carboxylic acids is 1. The number of phosphoric acid groups is 1. The molecule has 0 spiro atoms. The van der Waals surface area contributed by atoms with E-state index < -0.39 is 13.9 Å². The summed E-state index contributed by atoms with van der Waals surface area (Å²) < 4.78 is 34.8. The van der Waals surface area contributed by atoms with Crippen LogP contribution in [0.15, 0.2) is 24.3 Å². The van der Waals surface area contributed by atoms with Crippen LogP contribution in [0, 0.1) is 0 Å². The molecule has 0 saturated heterocycles. The first-order valence-electron chi connectivity index (χ1n) is 27.6. The Morgan fingerprint density at radius 3 is 1.27 bits per heavy atom. The summed E-state index contributed by atoms with van der Waals surface area (Å²) in [5, 5.41) is 0. The fourth-order valence-electron chi connectivity index (χ4n) is 7.99. The second-order valence-corrected chi connectivity index (χ2v) is 21.4. The van der Waals surface area contributed by atoms with Gasteiger partial charge in [-0.05, 0) is 44.9 Å². The number of likely N-dealkylation sites (N-methyl/N-ethyl adjacent to an activating group) is 1. The van der Waals surface area contributed by atoms with Crippen molar-refractivity contribution in [2.45, 2.75) is 270 Å². The van der Waals surface area contributed by atoms with Crippen molar-refractivity contribution in [3.05, 3.63) is 24.3 Å². The average molecular weight is 926 g/mol. The Bertz CT molecular complexity index is 1080. The highest BCUT2D eigenvalue weighted by Crippen LogP contribution is 2.38. The minimum absolute atomic E-state index is 0.0281. The maximum Gasteiger partial charge on any atom is 0.306 e. The topological polar surface area (TPSA) is 94.1 Å². The zero-order chi connectivity index (χ0) is 46.9. The molecule has 8 nitrogen and oxygen atoms in total. The Morgan fingerprint density at radius 1 is 0.484 bits per heavy atom. The van der Waals surface area contributed by atoms with E-state index in [1.54, 1.807) is 0 Å². The highest BCUT2D eigenvalue weighted by Gasteiger charge is 2.20. The summed E-state index contributed by atoms with van der Waals surface area (Å²) in [6.07, 6.45) is 57.8. The van der Waals surface area contributed by atoms with Gasteiger partial charge in [0, 0.05) is 13.0 Å². The summed E-state index contributed by atoms with van der Waals surface area (Å²) in [7, 11) is 1.37. The zero-order valence-corrected chi connectivity index (χ0v) is 44.1. The van der Waals surface area contributed by atoms with E-state index in [1.165, 1.54) is 205 Å². The monoisotopic (exact) mass is 926 g/mol. The van der Waals surface area contributed by atoms with Gasteiger partial charge in [0.15, 0.2) is 0 Å². The SMILES string of the molecule is CCCCCCC/C=C\C/C=C\CCCCCCCCCCCCOCC(COP(=O)([O-])OCC[N+](C)(C)C)OC(=O)CCCCCCCCCCCCCCCCCCCCCC. The van der Waals surface area contributed by atoms with Gasteiger partial charge in [-0.2, -0.15) is 0 Å². The van der Waals surface area contributed by atoms with E-state index in [9.17, 15) is 14.3 Å². The van der Waals surface area contributed by atoms with Crippen LogP contribution in [0.5, 0.6) is 0 Å². The number of hydrogen-bond donors (Lipinski definition) is 0. The van der Waals surface area contributed by atoms with Gasteiger partial charge in [0.25, 0.3) is 7.82 Å². The number of rotatable bonds is 52. The number of esters is 1. The van der Waals surface area contributed by atoms with Crippen LogP contribution in [0.1, 0.15) is 264 Å². The number of hydrogen-bond acceptors (Lipinski definition) is 7. The number of carbonyl (C=O) groups is 1. The molecular formula is C55H108NO7P. The minimum atomic E-state index is -4.53. The van der Waals surface area contributed by atoms with Gasteiger partial charge in [0.2, 0.25) is 0 Å². The van der Waals surface area contributed by atoms with Crippen LogP contribution in [-0.2, 0) is 27.9 Å². The summed E-state index contributed by atoms with van der Waals surface area (Å²) in [5.41, 5.74) is 0. The molecule has 0 fully saturated rings. The van der Waals surface area contributed by atoms with E-state index in [2.05, 4.69) is 38.2 Å². The molecule has 0 heterocycles. The molecule has 0 aliphatic carbocycles. The van der Waals surface area contributed by atoms with Gasteiger partial charge < -0.3 is 27.9 Å². The van der Waals surface area contributed by atoms with Crippen molar-refractivity contribution in [3.8, 4) is 0 Å². The molecule has 64 heavy (non-hydrogen) atoms. The Hall–Kier alpha value is -1.02. The maximum absolute atomic E-state index is 12.8. The fraction of sp³-hybridized carbons (Fsp3) is 0.909. The highest BCUT2D eigenvalue weighted by atomic mass is 31.2. The summed E-state index contributed by atoms with van der Waals surface area (Å²) in [5.74, 6) is -0.329. The van der Waals surface area contributed by atoms with Crippen LogP contribution in [0.25, 0.3) is 0 Å². The molecule has 2 atom stereocenters. The van der Waals surface area contributed by atoms with E-state index in [4.69, 9.17) is 18.5 Å². The molecule has 0 aromatic carbocycles. The first kappa shape index (κ1) is 63.0. The number of ether oxygens (including phenoxy) is 2. The van der Waals surface area contributed by atoms with Crippen molar-refractivity contribution in [1.29, 1.82) is 0 Å². The van der Waals surface area contributed by atoms with Crippen LogP contribution in [-0.4, -0.2) is 70.7 Å². The molecule has 0 radical (unpaired) electrons. The molecule has 380 valence electrons. The lowest BCUT2D eigenvalue weighted by molar-refractivity contribution is -0.870. The van der Waals surface area contributed by atoms with E-state index in [0.717, 1.165) is 38.5 Å². The third-order valence-corrected chi connectivity index (χ3v) is 13.2. The molecule has 0 bridgehead atoms. The van der Waals surface area contributed by atoms with Gasteiger partial charge in [-0.25, -0.2) is 0 Å². The van der Waals surface area contributed by atoms with Gasteiger partial charge in [0.1, 0.15) is 19.3 Å². The van der Waals surface area contributed by atoms with Crippen molar-refractivity contribution in [2.75, 3.05) is 54.1 Å². The molecular weight excluding hydrogens is 818 g/mol. The van der Waals surface area contributed by atoms with Crippen molar-refractivity contribution >= 4 is 13.8 Å². The second kappa shape index (κ2) is 48.4. The van der Waals surface area contributed by atoms with Gasteiger partial charge in [0.05, 0.1) is 34.4 Å². The number of phosphoric ester groups is 1. The van der Waals surface area contributed by atoms with Crippen LogP contribution in [0.4, 0.5) is 0 Å². The quantitative estimate of drug-likeness (QED) is 0.0197.